The van der Waals surface area contributed by atoms with E-state index in [0.717, 1.165) is 53.7 Å². The average molecular weight is 372 g/mol. The minimum atomic E-state index is -3.40. The van der Waals surface area contributed by atoms with Crippen molar-refractivity contribution in [3.8, 4) is 5.75 Å². The van der Waals surface area contributed by atoms with Crippen molar-refractivity contribution in [2.24, 2.45) is 0 Å². The molecule has 0 radical (unpaired) electrons. The SMILES string of the molecule is COc1ccc2[nH]cc(CN3CCc4cnc(S(C)(=O)=O)nc4C3)c2c1. The number of fused-ring (bicyclic) bond motifs is 2. The zero-order valence-electron chi connectivity index (χ0n) is 14.7. The number of aromatic amines is 1. The highest BCUT2D eigenvalue weighted by atomic mass is 32.2. The van der Waals surface area contributed by atoms with Crippen LogP contribution in [0.4, 0.5) is 0 Å². The maximum absolute atomic E-state index is 11.7. The molecule has 26 heavy (non-hydrogen) atoms. The predicted molar refractivity (Wildman–Crippen MR) is 97.8 cm³/mol. The van der Waals surface area contributed by atoms with Crippen molar-refractivity contribution >= 4 is 20.7 Å². The second-order valence-corrected chi connectivity index (χ2v) is 8.49. The Balaban J connectivity index is 1.60. The summed E-state index contributed by atoms with van der Waals surface area (Å²) in [6.45, 7) is 2.24. The molecule has 8 heteroatoms. The van der Waals surface area contributed by atoms with Gasteiger partial charge in [0.2, 0.25) is 15.0 Å². The van der Waals surface area contributed by atoms with Gasteiger partial charge in [-0.2, -0.15) is 0 Å². The van der Waals surface area contributed by atoms with E-state index in [4.69, 9.17) is 4.74 Å². The molecule has 1 N–H and O–H groups in total. The van der Waals surface area contributed by atoms with E-state index in [1.807, 2.05) is 24.4 Å². The Morgan fingerprint density at radius 3 is 2.96 bits per heavy atom. The van der Waals surface area contributed by atoms with Crippen molar-refractivity contribution in [1.82, 2.24) is 19.9 Å². The standard InChI is InChI=1S/C18H20N4O3S/c1-25-14-3-4-16-15(7-14)13(9-19-16)10-22-6-5-12-8-20-18(26(2,23)24)21-17(12)11-22/h3-4,7-9,19H,5-6,10-11H2,1-2H3. The molecular formula is C18H20N4O3S. The van der Waals surface area contributed by atoms with Crippen LogP contribution in [-0.4, -0.2) is 48.2 Å². The summed E-state index contributed by atoms with van der Waals surface area (Å²) in [6, 6.07) is 5.97. The van der Waals surface area contributed by atoms with Crippen LogP contribution >= 0.6 is 0 Å². The molecule has 1 aliphatic rings. The number of hydrogen-bond acceptors (Lipinski definition) is 6. The van der Waals surface area contributed by atoms with Crippen LogP contribution in [-0.2, 0) is 29.3 Å². The lowest BCUT2D eigenvalue weighted by atomic mass is 10.1. The van der Waals surface area contributed by atoms with E-state index in [9.17, 15) is 8.42 Å². The Kier molecular flexibility index (Phi) is 4.16. The van der Waals surface area contributed by atoms with Crippen LogP contribution in [0, 0.1) is 0 Å². The third kappa shape index (κ3) is 3.17. The summed E-state index contributed by atoms with van der Waals surface area (Å²) >= 11 is 0. The first-order valence-corrected chi connectivity index (χ1v) is 10.2. The van der Waals surface area contributed by atoms with Crippen LogP contribution in [0.3, 0.4) is 0 Å². The number of benzene rings is 1. The average Bonchev–Trinajstić information content (AvgIpc) is 3.02. The highest BCUT2D eigenvalue weighted by molar-refractivity contribution is 7.90. The van der Waals surface area contributed by atoms with Crippen LogP contribution in [0.2, 0.25) is 0 Å². The first-order valence-electron chi connectivity index (χ1n) is 8.35. The number of nitrogens with one attached hydrogen (secondary N) is 1. The number of methoxy groups -OCH3 is 1. The number of ether oxygens (including phenoxy) is 1. The third-order valence-corrected chi connectivity index (χ3v) is 5.56. The summed E-state index contributed by atoms with van der Waals surface area (Å²) in [5.74, 6) is 0.827. The summed E-state index contributed by atoms with van der Waals surface area (Å²) in [7, 11) is -1.74. The molecule has 7 nitrogen and oxygen atoms in total. The summed E-state index contributed by atoms with van der Waals surface area (Å²) in [5.41, 5.74) is 4.07. The van der Waals surface area contributed by atoms with Crippen molar-refractivity contribution < 1.29 is 13.2 Å². The molecule has 0 fully saturated rings. The maximum Gasteiger partial charge on any atom is 0.247 e. The molecule has 0 amide bonds. The number of hydrogen-bond donors (Lipinski definition) is 1. The van der Waals surface area contributed by atoms with Crippen molar-refractivity contribution in [2.75, 3.05) is 19.9 Å². The molecular weight excluding hydrogens is 352 g/mol. The summed E-state index contributed by atoms with van der Waals surface area (Å²) in [5, 5.41) is 1.03. The van der Waals surface area contributed by atoms with E-state index >= 15 is 0 Å². The predicted octanol–water partition coefficient (Wildman–Crippen LogP) is 1.93. The van der Waals surface area contributed by atoms with Gasteiger partial charge in [0.1, 0.15) is 5.75 Å². The van der Waals surface area contributed by atoms with Gasteiger partial charge >= 0.3 is 0 Å². The van der Waals surface area contributed by atoms with Gasteiger partial charge in [0.25, 0.3) is 0 Å². The van der Waals surface area contributed by atoms with Crippen molar-refractivity contribution in [3.05, 3.63) is 47.4 Å². The molecule has 0 saturated heterocycles. The summed E-state index contributed by atoms with van der Waals surface area (Å²) in [6.07, 6.45) is 5.61. The van der Waals surface area contributed by atoms with Crippen molar-refractivity contribution in [1.29, 1.82) is 0 Å². The lowest BCUT2D eigenvalue weighted by molar-refractivity contribution is 0.241. The molecule has 0 unspecified atom stereocenters. The Morgan fingerprint density at radius 1 is 1.35 bits per heavy atom. The molecule has 1 aromatic carbocycles. The fourth-order valence-electron chi connectivity index (χ4n) is 3.31. The second-order valence-electron chi connectivity index (χ2n) is 6.58. The quantitative estimate of drug-likeness (QED) is 0.704. The fourth-order valence-corrected chi connectivity index (χ4v) is 3.83. The van der Waals surface area contributed by atoms with E-state index in [-0.39, 0.29) is 5.16 Å². The molecule has 0 aliphatic carbocycles. The third-order valence-electron chi connectivity index (χ3n) is 4.70. The van der Waals surface area contributed by atoms with Gasteiger partial charge in [0.05, 0.1) is 12.8 Å². The van der Waals surface area contributed by atoms with Gasteiger partial charge in [-0.25, -0.2) is 18.4 Å². The van der Waals surface area contributed by atoms with Crippen LogP contribution in [0.25, 0.3) is 10.9 Å². The molecule has 3 heterocycles. The molecule has 0 spiro atoms. The van der Waals surface area contributed by atoms with Gasteiger partial charge in [-0.05, 0) is 35.7 Å². The van der Waals surface area contributed by atoms with Gasteiger partial charge in [-0.1, -0.05) is 0 Å². The van der Waals surface area contributed by atoms with Crippen LogP contribution < -0.4 is 4.74 Å². The monoisotopic (exact) mass is 372 g/mol. The normalized spacial score (nSPS) is 15.2. The zero-order valence-corrected chi connectivity index (χ0v) is 15.5. The maximum atomic E-state index is 11.7. The summed E-state index contributed by atoms with van der Waals surface area (Å²) < 4.78 is 28.7. The smallest absolute Gasteiger partial charge is 0.247 e. The molecule has 136 valence electrons. The van der Waals surface area contributed by atoms with Gasteiger partial charge < -0.3 is 9.72 Å². The largest absolute Gasteiger partial charge is 0.497 e. The van der Waals surface area contributed by atoms with E-state index in [1.54, 1.807) is 13.3 Å². The molecule has 4 rings (SSSR count). The van der Waals surface area contributed by atoms with E-state index < -0.39 is 9.84 Å². The Morgan fingerprint density at radius 2 is 2.19 bits per heavy atom. The molecule has 0 atom stereocenters. The van der Waals surface area contributed by atoms with Gasteiger partial charge in [-0.15, -0.1) is 0 Å². The fraction of sp³-hybridized carbons (Fsp3) is 0.333. The van der Waals surface area contributed by atoms with E-state index in [2.05, 4.69) is 19.9 Å². The van der Waals surface area contributed by atoms with E-state index in [1.165, 1.54) is 5.56 Å². The number of rotatable bonds is 4. The van der Waals surface area contributed by atoms with Gasteiger partial charge in [0, 0.05) is 49.2 Å². The van der Waals surface area contributed by atoms with Crippen LogP contribution in [0.1, 0.15) is 16.8 Å². The van der Waals surface area contributed by atoms with Gasteiger partial charge in [-0.3, -0.25) is 4.90 Å². The van der Waals surface area contributed by atoms with Crippen molar-refractivity contribution in [3.63, 3.8) is 0 Å². The first-order chi connectivity index (χ1) is 12.4. The Bertz CT molecular complexity index is 1080. The molecule has 1 aliphatic heterocycles. The minimum Gasteiger partial charge on any atom is -0.497 e. The number of aromatic nitrogens is 3. The first kappa shape index (κ1) is 17.0. The lowest BCUT2D eigenvalue weighted by Gasteiger charge is -2.27. The topological polar surface area (TPSA) is 88.2 Å². The number of sulfone groups is 1. The number of H-pyrrole nitrogens is 1. The Hall–Kier alpha value is -2.45. The summed E-state index contributed by atoms with van der Waals surface area (Å²) in [4.78, 5) is 13.8. The lowest BCUT2D eigenvalue weighted by Crippen LogP contribution is -2.31. The van der Waals surface area contributed by atoms with Crippen LogP contribution in [0.15, 0.2) is 35.7 Å². The van der Waals surface area contributed by atoms with Crippen LogP contribution in [0.5, 0.6) is 5.75 Å². The highest BCUT2D eigenvalue weighted by Gasteiger charge is 2.22. The van der Waals surface area contributed by atoms with Crippen molar-refractivity contribution in [2.45, 2.75) is 24.7 Å². The Labute approximate surface area is 152 Å². The number of nitrogens with zero attached hydrogens (tertiary/aromatic N) is 3. The second kappa shape index (κ2) is 6.37. The molecule has 0 bridgehead atoms. The highest BCUT2D eigenvalue weighted by Crippen LogP contribution is 2.26. The molecule has 0 saturated carbocycles. The zero-order chi connectivity index (χ0) is 18.3. The molecule has 3 aromatic rings. The minimum absolute atomic E-state index is 0.102. The van der Waals surface area contributed by atoms with E-state index in [0.29, 0.717) is 6.54 Å². The van der Waals surface area contributed by atoms with Gasteiger partial charge in [0.15, 0.2) is 0 Å². The molecule has 2 aromatic heterocycles.